The lowest BCUT2D eigenvalue weighted by molar-refractivity contribution is -0.118. The smallest absolute Gasteiger partial charge is 0.246 e. The molecule has 0 atom stereocenters. The number of nitrogens with one attached hydrogen (secondary N) is 1. The minimum atomic E-state index is -3.80. The summed E-state index contributed by atoms with van der Waals surface area (Å²) in [5.41, 5.74) is 1.40. The van der Waals surface area contributed by atoms with Gasteiger partial charge in [-0.2, -0.15) is 0 Å². The highest BCUT2D eigenvalue weighted by molar-refractivity contribution is 7.93. The summed E-state index contributed by atoms with van der Waals surface area (Å²) >= 11 is 6.19. The van der Waals surface area contributed by atoms with Gasteiger partial charge in [-0.15, -0.1) is 0 Å². The van der Waals surface area contributed by atoms with Crippen molar-refractivity contribution in [1.82, 2.24) is 0 Å². The van der Waals surface area contributed by atoms with Crippen LogP contribution < -0.4 is 5.32 Å². The van der Waals surface area contributed by atoms with Gasteiger partial charge in [0.25, 0.3) is 0 Å². The van der Waals surface area contributed by atoms with E-state index in [4.69, 9.17) is 11.6 Å². The van der Waals surface area contributed by atoms with Crippen molar-refractivity contribution >= 4 is 33.0 Å². The summed E-state index contributed by atoms with van der Waals surface area (Å²) in [5.74, 6) is -0.500. The molecule has 132 valence electrons. The number of anilines is 1. The van der Waals surface area contributed by atoms with Gasteiger partial charge in [0.15, 0.2) is 14.6 Å². The van der Waals surface area contributed by atoms with Gasteiger partial charge in [-0.3, -0.25) is 4.79 Å². The summed E-state index contributed by atoms with van der Waals surface area (Å²) in [4.78, 5) is 13.2. The van der Waals surface area contributed by atoms with Crippen molar-refractivity contribution < 1.29 is 13.2 Å². The molecule has 1 aliphatic rings. The summed E-state index contributed by atoms with van der Waals surface area (Å²) in [6, 6.07) is 13.5. The van der Waals surface area contributed by atoms with Crippen molar-refractivity contribution in [3.8, 4) is 0 Å². The third-order valence-electron chi connectivity index (χ3n) is 4.77. The monoisotopic (exact) mass is 377 g/mol. The van der Waals surface area contributed by atoms with Crippen LogP contribution >= 0.6 is 11.6 Å². The molecule has 0 saturated heterocycles. The van der Waals surface area contributed by atoms with Crippen molar-refractivity contribution in [1.29, 1.82) is 0 Å². The summed E-state index contributed by atoms with van der Waals surface area (Å²) in [5, 5.41) is 3.15. The van der Waals surface area contributed by atoms with Gasteiger partial charge in [-0.1, -0.05) is 48.7 Å². The molecule has 4 nitrogen and oxygen atoms in total. The van der Waals surface area contributed by atoms with Gasteiger partial charge in [0.05, 0.1) is 15.6 Å². The molecule has 2 aromatic carbocycles. The normalized spacial score (nSPS) is 16.6. The van der Waals surface area contributed by atoms with E-state index in [1.807, 2.05) is 13.0 Å². The van der Waals surface area contributed by atoms with Crippen molar-refractivity contribution in [3.63, 3.8) is 0 Å². The molecule has 1 amide bonds. The predicted molar refractivity (Wildman–Crippen MR) is 99.6 cm³/mol. The number of hydrogen-bond donors (Lipinski definition) is 1. The molecule has 0 spiro atoms. The van der Waals surface area contributed by atoms with Gasteiger partial charge in [0, 0.05) is 0 Å². The van der Waals surface area contributed by atoms with Crippen LogP contribution in [0.2, 0.25) is 5.02 Å². The molecule has 1 aliphatic carbocycles. The van der Waals surface area contributed by atoms with Crippen LogP contribution in [0.3, 0.4) is 0 Å². The number of rotatable bonds is 4. The SMILES string of the molecule is Cc1ccc(NC(=O)C2(S(=O)(=O)c3ccccc3)CCCC2)c(Cl)c1. The minimum Gasteiger partial charge on any atom is -0.323 e. The second-order valence-corrected chi connectivity index (χ2v) is 9.12. The lowest BCUT2D eigenvalue weighted by Gasteiger charge is -2.28. The largest absolute Gasteiger partial charge is 0.323 e. The highest BCUT2D eigenvalue weighted by Crippen LogP contribution is 2.41. The third-order valence-corrected chi connectivity index (χ3v) is 7.59. The highest BCUT2D eigenvalue weighted by atomic mass is 35.5. The van der Waals surface area contributed by atoms with E-state index < -0.39 is 20.5 Å². The van der Waals surface area contributed by atoms with E-state index >= 15 is 0 Å². The second-order valence-electron chi connectivity index (χ2n) is 6.46. The molecule has 0 unspecified atom stereocenters. The Balaban J connectivity index is 1.99. The molecule has 1 N–H and O–H groups in total. The van der Waals surface area contributed by atoms with E-state index in [9.17, 15) is 13.2 Å². The van der Waals surface area contributed by atoms with E-state index in [2.05, 4.69) is 5.32 Å². The third kappa shape index (κ3) is 3.18. The first-order chi connectivity index (χ1) is 11.9. The van der Waals surface area contributed by atoms with E-state index in [1.54, 1.807) is 42.5 Å². The van der Waals surface area contributed by atoms with Crippen LogP contribution in [0.15, 0.2) is 53.4 Å². The number of sulfone groups is 1. The molecule has 2 aromatic rings. The van der Waals surface area contributed by atoms with Crippen LogP contribution in [0, 0.1) is 6.92 Å². The lowest BCUT2D eigenvalue weighted by Crippen LogP contribution is -2.47. The fraction of sp³-hybridized carbons (Fsp3) is 0.316. The van der Waals surface area contributed by atoms with Gasteiger partial charge in [0.1, 0.15) is 0 Å². The first kappa shape index (κ1) is 18.0. The Morgan fingerprint density at radius 2 is 1.72 bits per heavy atom. The summed E-state index contributed by atoms with van der Waals surface area (Å²) in [6.07, 6.45) is 2.06. The Labute approximate surface area is 153 Å². The van der Waals surface area contributed by atoms with Crippen LogP contribution in [0.4, 0.5) is 5.69 Å². The summed E-state index contributed by atoms with van der Waals surface area (Å²) in [6.45, 7) is 1.90. The molecule has 0 aromatic heterocycles. The highest BCUT2D eigenvalue weighted by Gasteiger charge is 2.53. The fourth-order valence-corrected chi connectivity index (χ4v) is 5.72. The maximum atomic E-state index is 13.2. The first-order valence-corrected chi connectivity index (χ1v) is 10.1. The van der Waals surface area contributed by atoms with Gasteiger partial charge in [-0.25, -0.2) is 8.42 Å². The quantitative estimate of drug-likeness (QED) is 0.860. The fourth-order valence-electron chi connectivity index (χ4n) is 3.35. The number of halogens is 1. The molecule has 6 heteroatoms. The molecular formula is C19H20ClNO3S. The van der Waals surface area contributed by atoms with Gasteiger partial charge in [0.2, 0.25) is 5.91 Å². The van der Waals surface area contributed by atoms with Crippen LogP contribution in [-0.4, -0.2) is 19.1 Å². The van der Waals surface area contributed by atoms with Crippen molar-refractivity contribution in [2.24, 2.45) is 0 Å². The number of aryl methyl sites for hydroxylation is 1. The molecule has 1 fully saturated rings. The van der Waals surface area contributed by atoms with Gasteiger partial charge >= 0.3 is 0 Å². The van der Waals surface area contributed by atoms with E-state index in [0.29, 0.717) is 36.4 Å². The first-order valence-electron chi connectivity index (χ1n) is 8.24. The Morgan fingerprint density at radius 3 is 2.32 bits per heavy atom. The van der Waals surface area contributed by atoms with E-state index in [-0.39, 0.29) is 4.90 Å². The zero-order chi connectivity index (χ0) is 18.1. The lowest BCUT2D eigenvalue weighted by atomic mass is 10.1. The number of benzene rings is 2. The minimum absolute atomic E-state index is 0.182. The Morgan fingerprint density at radius 1 is 1.08 bits per heavy atom. The Kier molecular flexibility index (Phi) is 4.89. The van der Waals surface area contributed by atoms with Crippen LogP contribution in [-0.2, 0) is 14.6 Å². The molecular weight excluding hydrogens is 358 g/mol. The zero-order valence-corrected chi connectivity index (χ0v) is 15.5. The van der Waals surface area contributed by atoms with Crippen molar-refractivity contribution in [2.75, 3.05) is 5.32 Å². The van der Waals surface area contributed by atoms with Crippen LogP contribution in [0.1, 0.15) is 31.2 Å². The van der Waals surface area contributed by atoms with Crippen LogP contribution in [0.25, 0.3) is 0 Å². The number of hydrogen-bond acceptors (Lipinski definition) is 3. The molecule has 0 aliphatic heterocycles. The number of carbonyl (C=O) groups is 1. The molecule has 0 radical (unpaired) electrons. The summed E-state index contributed by atoms with van der Waals surface area (Å²) < 4.78 is 25.0. The maximum Gasteiger partial charge on any atom is 0.246 e. The Bertz CT molecular complexity index is 888. The predicted octanol–water partition coefficient (Wildman–Crippen LogP) is 4.37. The molecule has 0 heterocycles. The van der Waals surface area contributed by atoms with E-state index in [1.165, 1.54) is 0 Å². The van der Waals surface area contributed by atoms with Crippen molar-refractivity contribution in [2.45, 2.75) is 42.2 Å². The molecule has 25 heavy (non-hydrogen) atoms. The average Bonchev–Trinajstić information content (AvgIpc) is 3.10. The standard InChI is InChI=1S/C19H20ClNO3S/c1-14-9-10-17(16(20)13-14)21-18(22)19(11-5-6-12-19)25(23,24)15-7-3-2-4-8-15/h2-4,7-10,13H,5-6,11-12H2,1H3,(H,21,22). The van der Waals surface area contributed by atoms with Crippen LogP contribution in [0.5, 0.6) is 0 Å². The van der Waals surface area contributed by atoms with Gasteiger partial charge in [-0.05, 0) is 49.6 Å². The Hall–Kier alpha value is -1.85. The zero-order valence-electron chi connectivity index (χ0n) is 14.0. The van der Waals surface area contributed by atoms with Crippen molar-refractivity contribution in [3.05, 3.63) is 59.1 Å². The topological polar surface area (TPSA) is 63.2 Å². The average molecular weight is 378 g/mol. The molecule has 3 rings (SSSR count). The second kappa shape index (κ2) is 6.81. The number of amides is 1. The molecule has 1 saturated carbocycles. The van der Waals surface area contributed by atoms with Gasteiger partial charge < -0.3 is 5.32 Å². The van der Waals surface area contributed by atoms with E-state index in [0.717, 1.165) is 5.56 Å². The molecule has 0 bridgehead atoms. The maximum absolute atomic E-state index is 13.2. The number of carbonyl (C=O) groups excluding carboxylic acids is 1. The summed E-state index contributed by atoms with van der Waals surface area (Å²) in [7, 11) is -3.80.